The SMILES string of the molecule is O=C1Nc2cc(OCCCCN3CCN(c4cccc5sccc45)CC3)ccc2[C@H](O)[C@@H]1O. The Morgan fingerprint density at radius 2 is 1.88 bits per heavy atom. The maximum Gasteiger partial charge on any atom is 0.256 e. The number of nitrogens with one attached hydrogen (secondary N) is 1. The van der Waals surface area contributed by atoms with Gasteiger partial charge in [0.25, 0.3) is 5.91 Å². The van der Waals surface area contributed by atoms with Crippen molar-refractivity contribution in [3.8, 4) is 5.75 Å². The highest BCUT2D eigenvalue weighted by Crippen LogP contribution is 2.34. The standard InChI is InChI=1S/C25H29N3O4S/c29-23-18-7-6-17(16-20(18)26-25(31)24(23)30)32-14-2-1-9-27-10-12-28(13-11-27)21-4-3-5-22-19(21)8-15-33-22/h3-8,15-16,23-24,29-30H,1-2,9-14H2,(H,26,31)/t23-,24-/m0/s1. The molecule has 2 aliphatic heterocycles. The van der Waals surface area contributed by atoms with Crippen molar-refractivity contribution < 1.29 is 19.7 Å². The first kappa shape index (κ1) is 22.2. The van der Waals surface area contributed by atoms with Crippen molar-refractivity contribution in [3.63, 3.8) is 0 Å². The van der Waals surface area contributed by atoms with Crippen LogP contribution in [0.3, 0.4) is 0 Å². The molecule has 1 saturated heterocycles. The minimum absolute atomic E-state index is 0.492. The number of anilines is 2. The highest BCUT2D eigenvalue weighted by molar-refractivity contribution is 7.17. The van der Waals surface area contributed by atoms with Gasteiger partial charge in [0.1, 0.15) is 11.9 Å². The summed E-state index contributed by atoms with van der Waals surface area (Å²) >= 11 is 1.80. The van der Waals surface area contributed by atoms with Crippen molar-refractivity contribution in [2.75, 3.05) is 49.5 Å². The normalized spacial score (nSPS) is 21.2. The van der Waals surface area contributed by atoms with Gasteiger partial charge >= 0.3 is 0 Å². The third-order valence-electron chi connectivity index (χ3n) is 6.49. The van der Waals surface area contributed by atoms with E-state index in [1.54, 1.807) is 29.5 Å². The Hall–Kier alpha value is -2.65. The Bertz CT molecular complexity index is 1130. The Morgan fingerprint density at radius 1 is 1.03 bits per heavy atom. The Morgan fingerprint density at radius 3 is 2.73 bits per heavy atom. The first-order valence-corrected chi connectivity index (χ1v) is 12.4. The fourth-order valence-electron chi connectivity index (χ4n) is 4.61. The smallest absolute Gasteiger partial charge is 0.256 e. The van der Waals surface area contributed by atoms with E-state index in [-0.39, 0.29) is 0 Å². The van der Waals surface area contributed by atoms with E-state index < -0.39 is 18.1 Å². The van der Waals surface area contributed by atoms with Crippen LogP contribution in [0.25, 0.3) is 10.1 Å². The molecule has 3 heterocycles. The zero-order valence-corrected chi connectivity index (χ0v) is 19.3. The number of benzene rings is 2. The lowest BCUT2D eigenvalue weighted by molar-refractivity contribution is -0.130. The van der Waals surface area contributed by atoms with Crippen molar-refractivity contribution in [2.24, 2.45) is 0 Å². The monoisotopic (exact) mass is 467 g/mol. The number of rotatable bonds is 7. The van der Waals surface area contributed by atoms with Gasteiger partial charge < -0.3 is 25.2 Å². The number of unbranched alkanes of at least 4 members (excludes halogenated alkanes) is 1. The topological polar surface area (TPSA) is 85.3 Å². The average molecular weight is 468 g/mol. The number of carbonyl (C=O) groups is 1. The second-order valence-corrected chi connectivity index (χ2v) is 9.57. The number of hydrogen-bond acceptors (Lipinski definition) is 7. The van der Waals surface area contributed by atoms with Gasteiger partial charge in [-0.3, -0.25) is 9.69 Å². The predicted molar refractivity (Wildman–Crippen MR) is 131 cm³/mol. The van der Waals surface area contributed by atoms with Gasteiger partial charge in [-0.05, 0) is 49.0 Å². The molecular formula is C25H29N3O4S. The number of hydrogen-bond donors (Lipinski definition) is 3. The number of ether oxygens (including phenoxy) is 1. The molecule has 33 heavy (non-hydrogen) atoms. The fourth-order valence-corrected chi connectivity index (χ4v) is 5.41. The number of aliphatic hydroxyl groups excluding tert-OH is 2. The highest BCUT2D eigenvalue weighted by Gasteiger charge is 2.33. The van der Waals surface area contributed by atoms with Crippen LogP contribution < -0.4 is 15.0 Å². The summed E-state index contributed by atoms with van der Waals surface area (Å²) in [5.74, 6) is 0.0492. The van der Waals surface area contributed by atoms with E-state index in [0.29, 0.717) is 23.6 Å². The van der Waals surface area contributed by atoms with E-state index in [0.717, 1.165) is 45.6 Å². The lowest BCUT2D eigenvalue weighted by Crippen LogP contribution is -2.46. The maximum absolute atomic E-state index is 11.7. The van der Waals surface area contributed by atoms with Gasteiger partial charge in [0.15, 0.2) is 6.10 Å². The van der Waals surface area contributed by atoms with Crippen molar-refractivity contribution in [1.82, 2.24) is 4.90 Å². The van der Waals surface area contributed by atoms with Crippen LogP contribution in [-0.4, -0.2) is 66.5 Å². The largest absolute Gasteiger partial charge is 0.494 e. The molecule has 3 N–H and O–H groups in total. The third-order valence-corrected chi connectivity index (χ3v) is 7.37. The summed E-state index contributed by atoms with van der Waals surface area (Å²) in [6.07, 6.45) is -0.636. The lowest BCUT2D eigenvalue weighted by atomic mass is 9.97. The molecule has 2 aliphatic rings. The first-order chi connectivity index (χ1) is 16.1. The summed E-state index contributed by atoms with van der Waals surface area (Å²) in [7, 11) is 0. The molecule has 3 aromatic rings. The highest BCUT2D eigenvalue weighted by atomic mass is 32.1. The maximum atomic E-state index is 11.7. The molecule has 7 nitrogen and oxygen atoms in total. The number of amides is 1. The predicted octanol–water partition coefficient (Wildman–Crippen LogP) is 3.23. The summed E-state index contributed by atoms with van der Waals surface area (Å²) in [6.45, 7) is 5.89. The second kappa shape index (κ2) is 9.69. The molecule has 0 bridgehead atoms. The van der Waals surface area contributed by atoms with Gasteiger partial charge in [-0.15, -0.1) is 11.3 Å². The molecule has 0 aliphatic carbocycles. The molecule has 2 atom stereocenters. The lowest BCUT2D eigenvalue weighted by Gasteiger charge is -2.36. The van der Waals surface area contributed by atoms with Gasteiger partial charge in [0, 0.05) is 53.6 Å². The van der Waals surface area contributed by atoms with Crippen molar-refractivity contribution >= 4 is 38.7 Å². The number of nitrogens with zero attached hydrogens (tertiary/aromatic N) is 2. The number of aliphatic hydroxyl groups is 2. The van der Waals surface area contributed by atoms with E-state index in [1.807, 2.05) is 0 Å². The molecule has 0 saturated carbocycles. The molecule has 1 fully saturated rings. The summed E-state index contributed by atoms with van der Waals surface area (Å²) < 4.78 is 7.20. The van der Waals surface area contributed by atoms with Crippen LogP contribution in [0.15, 0.2) is 47.8 Å². The number of thiophene rings is 1. The summed E-state index contributed by atoms with van der Waals surface area (Å²) in [4.78, 5) is 16.7. The summed E-state index contributed by atoms with van der Waals surface area (Å²) in [5.41, 5.74) is 2.35. The molecule has 1 amide bonds. The quantitative estimate of drug-likeness (QED) is 0.463. The number of carbonyl (C=O) groups excluding carboxylic acids is 1. The van der Waals surface area contributed by atoms with Crippen LogP contribution in [0, 0.1) is 0 Å². The Balaban J connectivity index is 1.04. The molecule has 5 rings (SSSR count). The van der Waals surface area contributed by atoms with Crippen LogP contribution in [-0.2, 0) is 4.79 Å². The van der Waals surface area contributed by atoms with E-state index in [9.17, 15) is 15.0 Å². The van der Waals surface area contributed by atoms with E-state index in [1.165, 1.54) is 15.8 Å². The van der Waals surface area contributed by atoms with Crippen LogP contribution >= 0.6 is 11.3 Å². The first-order valence-electron chi connectivity index (χ1n) is 11.5. The Kier molecular flexibility index (Phi) is 6.50. The van der Waals surface area contributed by atoms with Gasteiger partial charge in [0.2, 0.25) is 0 Å². The van der Waals surface area contributed by atoms with Crippen molar-refractivity contribution in [2.45, 2.75) is 25.0 Å². The number of piperazine rings is 1. The summed E-state index contributed by atoms with van der Waals surface area (Å²) in [6, 6.07) is 14.0. The van der Waals surface area contributed by atoms with Gasteiger partial charge in [-0.25, -0.2) is 0 Å². The van der Waals surface area contributed by atoms with E-state index >= 15 is 0 Å². The molecule has 0 spiro atoms. The minimum atomic E-state index is -1.43. The molecule has 1 aromatic heterocycles. The van der Waals surface area contributed by atoms with Gasteiger partial charge in [-0.1, -0.05) is 12.1 Å². The van der Waals surface area contributed by atoms with Gasteiger partial charge in [-0.2, -0.15) is 0 Å². The van der Waals surface area contributed by atoms with Crippen LogP contribution in [0.2, 0.25) is 0 Å². The van der Waals surface area contributed by atoms with E-state index in [4.69, 9.17) is 4.74 Å². The summed E-state index contributed by atoms with van der Waals surface area (Å²) in [5, 5.41) is 25.8. The molecule has 8 heteroatoms. The van der Waals surface area contributed by atoms with Crippen LogP contribution in [0.1, 0.15) is 24.5 Å². The molecule has 0 unspecified atom stereocenters. The zero-order chi connectivity index (χ0) is 22.8. The molecule has 174 valence electrons. The number of fused-ring (bicyclic) bond motifs is 2. The minimum Gasteiger partial charge on any atom is -0.494 e. The third kappa shape index (κ3) is 4.70. The van der Waals surface area contributed by atoms with Crippen molar-refractivity contribution in [3.05, 3.63) is 53.4 Å². The van der Waals surface area contributed by atoms with Crippen LogP contribution in [0.4, 0.5) is 11.4 Å². The fraction of sp³-hybridized carbons (Fsp3) is 0.400. The van der Waals surface area contributed by atoms with Gasteiger partial charge in [0.05, 0.1) is 12.3 Å². The molecule has 2 aromatic carbocycles. The van der Waals surface area contributed by atoms with Crippen molar-refractivity contribution in [1.29, 1.82) is 0 Å². The van der Waals surface area contributed by atoms with E-state index in [2.05, 4.69) is 44.8 Å². The Labute approximate surface area is 197 Å². The van der Waals surface area contributed by atoms with Crippen LogP contribution in [0.5, 0.6) is 5.75 Å². The molecule has 0 radical (unpaired) electrons. The second-order valence-electron chi connectivity index (χ2n) is 8.62. The average Bonchev–Trinajstić information content (AvgIpc) is 3.32. The zero-order valence-electron chi connectivity index (χ0n) is 18.4. The molecular weight excluding hydrogens is 438 g/mol.